The van der Waals surface area contributed by atoms with E-state index in [1.807, 2.05) is 16.8 Å². The number of aromatic hydroxyl groups is 1. The van der Waals surface area contributed by atoms with E-state index in [0.29, 0.717) is 66.3 Å². The Labute approximate surface area is 178 Å². The first-order valence-corrected chi connectivity index (χ1v) is 10.4. The standard InChI is InChI=1S/C22H27N5O4/c28-12-9-23-6-7-25-15-4-5-16-20-19(15)22(31)14-2-1-3-17(30)18(14)21(20)26-27(16)11-8-24-10-13-29/h1-5,23-24,26,28-29,31H,6-13H2. The number of nitrogens with one attached hydrogen (secondary N) is 3. The molecule has 0 bridgehead atoms. The fourth-order valence-electron chi connectivity index (χ4n) is 4.01. The highest BCUT2D eigenvalue weighted by atomic mass is 16.3. The summed E-state index contributed by atoms with van der Waals surface area (Å²) >= 11 is 0. The average Bonchev–Trinajstić information content (AvgIpc) is 3.14. The number of phenolic OH excluding ortho intramolecular Hbond substituents is 1. The molecule has 0 aliphatic carbocycles. The number of aromatic nitrogens is 2. The molecule has 3 aromatic carbocycles. The smallest absolute Gasteiger partial charge is 0.188 e. The van der Waals surface area contributed by atoms with Crippen molar-refractivity contribution in [1.82, 2.24) is 20.4 Å². The van der Waals surface area contributed by atoms with Gasteiger partial charge in [0.1, 0.15) is 5.75 Å². The predicted octanol–water partition coefficient (Wildman–Crippen LogP) is -0.156. The molecule has 0 fully saturated rings. The number of rotatable bonds is 10. The van der Waals surface area contributed by atoms with E-state index in [9.17, 15) is 9.90 Å². The van der Waals surface area contributed by atoms with Crippen LogP contribution in [0, 0.1) is 0 Å². The van der Waals surface area contributed by atoms with E-state index in [1.165, 1.54) is 6.07 Å². The van der Waals surface area contributed by atoms with Crippen molar-refractivity contribution in [3.05, 3.63) is 45.9 Å². The zero-order valence-corrected chi connectivity index (χ0v) is 17.2. The second kappa shape index (κ2) is 9.44. The van der Waals surface area contributed by atoms with Gasteiger partial charge in [-0.1, -0.05) is 12.1 Å². The van der Waals surface area contributed by atoms with Crippen LogP contribution in [0.5, 0.6) is 5.75 Å². The number of phenols is 1. The van der Waals surface area contributed by atoms with Crippen LogP contribution in [0.25, 0.3) is 32.6 Å². The first-order chi connectivity index (χ1) is 15.2. The van der Waals surface area contributed by atoms with Gasteiger partial charge in [-0.05, 0) is 18.2 Å². The highest BCUT2D eigenvalue weighted by molar-refractivity contribution is 6.22. The van der Waals surface area contributed by atoms with Crippen molar-refractivity contribution in [3.8, 4) is 5.75 Å². The lowest BCUT2D eigenvalue weighted by Crippen LogP contribution is -2.23. The van der Waals surface area contributed by atoms with E-state index < -0.39 is 0 Å². The van der Waals surface area contributed by atoms with E-state index in [0.717, 1.165) is 10.9 Å². The van der Waals surface area contributed by atoms with Crippen molar-refractivity contribution in [2.75, 3.05) is 45.9 Å². The Morgan fingerprint density at radius 1 is 0.935 bits per heavy atom. The van der Waals surface area contributed by atoms with Gasteiger partial charge in [-0.3, -0.25) is 19.6 Å². The predicted molar refractivity (Wildman–Crippen MR) is 121 cm³/mol. The minimum Gasteiger partial charge on any atom is -0.507 e. The number of hydrogen-bond donors (Lipinski definition) is 6. The van der Waals surface area contributed by atoms with Crippen molar-refractivity contribution in [3.63, 3.8) is 0 Å². The fourth-order valence-corrected chi connectivity index (χ4v) is 4.01. The molecule has 0 aliphatic heterocycles. The minimum atomic E-state index is -0.154. The molecule has 6 N–H and O–H groups in total. The lowest BCUT2D eigenvalue weighted by Gasteiger charge is -2.08. The topological polar surface area (TPSA) is 135 Å². The summed E-state index contributed by atoms with van der Waals surface area (Å²) in [5.41, 5.74) is 1.40. The monoisotopic (exact) mass is 425 g/mol. The van der Waals surface area contributed by atoms with E-state index in [2.05, 4.69) is 20.7 Å². The van der Waals surface area contributed by atoms with Gasteiger partial charge < -0.3 is 26.0 Å². The summed E-state index contributed by atoms with van der Waals surface area (Å²) < 4.78 is 1.94. The fraction of sp³-hybridized carbons (Fsp3) is 0.364. The molecule has 0 aliphatic rings. The van der Waals surface area contributed by atoms with Gasteiger partial charge in [0.25, 0.3) is 0 Å². The Balaban J connectivity index is 1.91. The zero-order valence-electron chi connectivity index (χ0n) is 17.2. The number of hydrogen-bond acceptors (Lipinski definition) is 7. The summed E-state index contributed by atoms with van der Waals surface area (Å²) in [6, 6.07) is 8.71. The molecule has 0 amide bonds. The molecule has 0 saturated heterocycles. The van der Waals surface area contributed by atoms with Crippen LogP contribution in [0.4, 0.5) is 0 Å². The maximum atomic E-state index is 12.7. The van der Waals surface area contributed by atoms with Crippen molar-refractivity contribution in [2.24, 2.45) is 4.99 Å². The molecular formula is C22H27N5O4. The Morgan fingerprint density at radius 2 is 1.71 bits per heavy atom. The Hall–Kier alpha value is -2.98. The maximum absolute atomic E-state index is 12.7. The van der Waals surface area contributed by atoms with Gasteiger partial charge in [-0.25, -0.2) is 0 Å². The Morgan fingerprint density at radius 3 is 2.48 bits per heavy atom. The molecule has 0 unspecified atom stereocenters. The van der Waals surface area contributed by atoms with Crippen LogP contribution in [0.2, 0.25) is 0 Å². The van der Waals surface area contributed by atoms with E-state index >= 15 is 0 Å². The van der Waals surface area contributed by atoms with Gasteiger partial charge in [-0.2, -0.15) is 0 Å². The van der Waals surface area contributed by atoms with Gasteiger partial charge in [0.05, 0.1) is 53.5 Å². The van der Waals surface area contributed by atoms with Crippen LogP contribution in [-0.4, -0.2) is 71.0 Å². The SMILES string of the molecule is O=c1cccc2c(O)c3c(=NCCNCCO)ccc4c3c([nH]n4CCNCCO)c12. The quantitative estimate of drug-likeness (QED) is 0.154. The van der Waals surface area contributed by atoms with Crippen LogP contribution >= 0.6 is 0 Å². The Kier molecular flexibility index (Phi) is 6.47. The summed E-state index contributed by atoms with van der Waals surface area (Å²) in [5.74, 6) is 0.0532. The first-order valence-electron chi connectivity index (χ1n) is 10.4. The molecule has 0 atom stereocenters. The molecule has 0 spiro atoms. The van der Waals surface area contributed by atoms with Crippen molar-refractivity contribution < 1.29 is 15.3 Å². The number of nitrogens with zero attached hydrogens (tertiary/aromatic N) is 2. The maximum Gasteiger partial charge on any atom is 0.188 e. The summed E-state index contributed by atoms with van der Waals surface area (Å²) in [6.07, 6.45) is 0. The van der Waals surface area contributed by atoms with Gasteiger partial charge in [0, 0.05) is 37.0 Å². The van der Waals surface area contributed by atoms with E-state index in [4.69, 9.17) is 10.2 Å². The molecule has 31 heavy (non-hydrogen) atoms. The molecule has 1 aromatic heterocycles. The molecule has 4 rings (SSSR count). The van der Waals surface area contributed by atoms with Gasteiger partial charge >= 0.3 is 0 Å². The zero-order chi connectivity index (χ0) is 21.8. The van der Waals surface area contributed by atoms with Crippen LogP contribution < -0.4 is 21.4 Å². The third kappa shape index (κ3) is 4.00. The molecular weight excluding hydrogens is 398 g/mol. The normalized spacial score (nSPS) is 12.6. The number of benzene rings is 3. The molecule has 0 radical (unpaired) electrons. The second-order valence-corrected chi connectivity index (χ2v) is 7.35. The molecule has 164 valence electrons. The van der Waals surface area contributed by atoms with Gasteiger partial charge in [0.15, 0.2) is 5.43 Å². The van der Waals surface area contributed by atoms with Gasteiger partial charge in [0.2, 0.25) is 0 Å². The third-order valence-corrected chi connectivity index (χ3v) is 5.38. The van der Waals surface area contributed by atoms with Crippen LogP contribution in [0.1, 0.15) is 0 Å². The van der Waals surface area contributed by atoms with Gasteiger partial charge in [-0.15, -0.1) is 0 Å². The third-order valence-electron chi connectivity index (χ3n) is 5.38. The number of aromatic amines is 1. The summed E-state index contributed by atoms with van der Waals surface area (Å²) in [4.78, 5) is 17.3. The largest absolute Gasteiger partial charge is 0.507 e. The lowest BCUT2D eigenvalue weighted by atomic mass is 9.99. The van der Waals surface area contributed by atoms with E-state index in [-0.39, 0.29) is 24.4 Å². The molecule has 9 heteroatoms. The Bertz CT molecular complexity index is 1310. The highest BCUT2D eigenvalue weighted by Crippen LogP contribution is 2.37. The molecule has 4 aromatic rings. The minimum absolute atomic E-state index is 0.0532. The summed E-state index contributed by atoms with van der Waals surface area (Å²) in [6.45, 7) is 3.49. The molecule has 0 saturated carbocycles. The number of fused-ring (bicyclic) bond motifs is 2. The van der Waals surface area contributed by atoms with Crippen LogP contribution in [0.3, 0.4) is 0 Å². The molecule has 9 nitrogen and oxygen atoms in total. The summed E-state index contributed by atoms with van der Waals surface area (Å²) in [7, 11) is 0. The lowest BCUT2D eigenvalue weighted by molar-refractivity contribution is 0.291. The van der Waals surface area contributed by atoms with E-state index in [1.54, 1.807) is 12.1 Å². The highest BCUT2D eigenvalue weighted by Gasteiger charge is 2.19. The number of H-pyrrole nitrogens is 1. The van der Waals surface area contributed by atoms with Crippen molar-refractivity contribution in [1.29, 1.82) is 0 Å². The molecule has 1 heterocycles. The number of aliphatic hydroxyl groups excluding tert-OH is 2. The first kappa shape index (κ1) is 21.3. The van der Waals surface area contributed by atoms with Crippen LogP contribution in [0.15, 0.2) is 40.1 Å². The summed E-state index contributed by atoms with van der Waals surface area (Å²) in [5, 5.41) is 41.6. The number of aliphatic hydroxyl groups is 2. The van der Waals surface area contributed by atoms with Crippen LogP contribution in [-0.2, 0) is 6.54 Å². The second-order valence-electron chi connectivity index (χ2n) is 7.35. The average molecular weight is 425 g/mol. The van der Waals surface area contributed by atoms with Crippen molar-refractivity contribution >= 4 is 32.6 Å². The van der Waals surface area contributed by atoms with Crippen molar-refractivity contribution in [2.45, 2.75) is 6.54 Å².